The molecule has 0 aromatic heterocycles. The van der Waals surface area contributed by atoms with Crippen molar-refractivity contribution in [3.63, 3.8) is 0 Å². The summed E-state index contributed by atoms with van der Waals surface area (Å²) in [7, 11) is 2.05. The number of allylic oxidation sites excluding steroid dienone is 1. The van der Waals surface area contributed by atoms with Crippen molar-refractivity contribution in [3.8, 4) is 0 Å². The second-order valence-corrected chi connectivity index (χ2v) is 2.90. The van der Waals surface area contributed by atoms with E-state index in [4.69, 9.17) is 4.74 Å². The van der Waals surface area contributed by atoms with Crippen LogP contribution in [-0.2, 0) is 4.74 Å². The van der Waals surface area contributed by atoms with Crippen LogP contribution in [-0.4, -0.2) is 24.8 Å². The predicted octanol–water partition coefficient (Wildman–Crippen LogP) is 1.59. The fourth-order valence-electron chi connectivity index (χ4n) is 1.04. The Morgan fingerprint density at radius 3 is 2.60 bits per heavy atom. The molecular formula is C8H15NO. The van der Waals surface area contributed by atoms with Crippen LogP contribution in [0.15, 0.2) is 11.3 Å². The number of rotatable bonds is 0. The van der Waals surface area contributed by atoms with Gasteiger partial charge < -0.3 is 9.64 Å². The molecule has 0 aliphatic carbocycles. The van der Waals surface area contributed by atoms with E-state index in [0.29, 0.717) is 6.10 Å². The van der Waals surface area contributed by atoms with Crippen LogP contribution in [0.2, 0.25) is 0 Å². The van der Waals surface area contributed by atoms with E-state index >= 15 is 0 Å². The summed E-state index contributed by atoms with van der Waals surface area (Å²) in [6.45, 7) is 7.07. The molecule has 0 amide bonds. The van der Waals surface area contributed by atoms with E-state index in [9.17, 15) is 0 Å². The molecule has 1 rings (SSSR count). The second kappa shape index (κ2) is 2.62. The van der Waals surface area contributed by atoms with E-state index in [2.05, 4.69) is 25.7 Å². The van der Waals surface area contributed by atoms with Crippen molar-refractivity contribution in [1.29, 1.82) is 0 Å². The molecule has 58 valence electrons. The molecule has 0 saturated carbocycles. The average molecular weight is 141 g/mol. The van der Waals surface area contributed by atoms with Crippen molar-refractivity contribution in [2.24, 2.45) is 0 Å². The first-order valence-electron chi connectivity index (χ1n) is 3.63. The first-order chi connectivity index (χ1) is 4.63. The van der Waals surface area contributed by atoms with Crippen molar-refractivity contribution in [2.75, 3.05) is 13.8 Å². The van der Waals surface area contributed by atoms with E-state index in [1.807, 2.05) is 7.05 Å². The third kappa shape index (κ3) is 1.16. The largest absolute Gasteiger partial charge is 0.355 e. The normalized spacial score (nSPS) is 27.6. The Labute approximate surface area is 62.5 Å². The summed E-state index contributed by atoms with van der Waals surface area (Å²) in [5, 5.41) is 0. The molecule has 2 heteroatoms. The van der Waals surface area contributed by atoms with Crippen LogP contribution in [0.4, 0.5) is 0 Å². The first kappa shape index (κ1) is 7.61. The molecule has 0 bridgehead atoms. The van der Waals surface area contributed by atoms with Gasteiger partial charge in [-0.25, -0.2) is 0 Å². The van der Waals surface area contributed by atoms with Crippen LogP contribution in [0.25, 0.3) is 0 Å². The summed E-state index contributed by atoms with van der Waals surface area (Å²) in [5.41, 5.74) is 2.69. The highest BCUT2D eigenvalue weighted by molar-refractivity contribution is 5.13. The molecule has 1 aliphatic heterocycles. The zero-order chi connectivity index (χ0) is 7.72. The van der Waals surface area contributed by atoms with E-state index in [-0.39, 0.29) is 0 Å². The van der Waals surface area contributed by atoms with Crippen molar-refractivity contribution < 1.29 is 4.74 Å². The van der Waals surface area contributed by atoms with Crippen molar-refractivity contribution in [2.45, 2.75) is 26.9 Å². The van der Waals surface area contributed by atoms with Gasteiger partial charge in [0.15, 0.2) is 0 Å². The minimum atomic E-state index is 0.302. The molecule has 0 aromatic rings. The molecule has 0 spiro atoms. The number of ether oxygens (including phenoxy) is 1. The Morgan fingerprint density at radius 1 is 1.50 bits per heavy atom. The van der Waals surface area contributed by atoms with Crippen molar-refractivity contribution in [1.82, 2.24) is 4.90 Å². The molecule has 1 heterocycles. The molecule has 0 saturated heterocycles. The quantitative estimate of drug-likeness (QED) is 0.508. The van der Waals surface area contributed by atoms with Crippen LogP contribution >= 0.6 is 0 Å². The van der Waals surface area contributed by atoms with Crippen LogP contribution < -0.4 is 0 Å². The van der Waals surface area contributed by atoms with Gasteiger partial charge in [-0.2, -0.15) is 0 Å². The van der Waals surface area contributed by atoms with Crippen LogP contribution in [0.3, 0.4) is 0 Å². The number of hydrogen-bond acceptors (Lipinski definition) is 2. The molecule has 1 atom stereocenters. The summed E-state index contributed by atoms with van der Waals surface area (Å²) >= 11 is 0. The summed E-state index contributed by atoms with van der Waals surface area (Å²) in [6, 6.07) is 0. The molecule has 1 unspecified atom stereocenters. The highest BCUT2D eigenvalue weighted by Gasteiger charge is 2.16. The van der Waals surface area contributed by atoms with Gasteiger partial charge in [0, 0.05) is 12.7 Å². The average Bonchev–Trinajstić information content (AvgIpc) is 1.93. The Hall–Kier alpha value is -0.500. The lowest BCUT2D eigenvalue weighted by molar-refractivity contribution is 0.00609. The number of nitrogens with zero attached hydrogens (tertiary/aromatic N) is 1. The van der Waals surface area contributed by atoms with Gasteiger partial charge in [0.2, 0.25) is 0 Å². The standard InChI is InChI=1S/C8H15NO/c1-6-7(2)9(4)5-10-8(6)3/h8H,5H2,1-4H3. The lowest BCUT2D eigenvalue weighted by Gasteiger charge is -2.31. The first-order valence-corrected chi connectivity index (χ1v) is 3.63. The Bertz CT molecular complexity index is 145. The summed E-state index contributed by atoms with van der Waals surface area (Å²) < 4.78 is 5.44. The van der Waals surface area contributed by atoms with E-state index in [0.717, 1.165) is 6.73 Å². The van der Waals surface area contributed by atoms with Crippen molar-refractivity contribution >= 4 is 0 Å². The third-order valence-electron chi connectivity index (χ3n) is 2.27. The minimum Gasteiger partial charge on any atom is -0.355 e. The van der Waals surface area contributed by atoms with E-state index in [1.54, 1.807) is 0 Å². The molecular weight excluding hydrogens is 126 g/mol. The molecule has 1 aliphatic rings. The molecule has 10 heavy (non-hydrogen) atoms. The maximum absolute atomic E-state index is 5.44. The fraction of sp³-hybridized carbons (Fsp3) is 0.750. The lowest BCUT2D eigenvalue weighted by Crippen LogP contribution is -2.31. The Kier molecular flexibility index (Phi) is 2.00. The SMILES string of the molecule is CC1=C(C)N(C)COC1C. The van der Waals surface area contributed by atoms with Crippen LogP contribution in [0.5, 0.6) is 0 Å². The van der Waals surface area contributed by atoms with Crippen LogP contribution in [0, 0.1) is 0 Å². The van der Waals surface area contributed by atoms with Gasteiger partial charge in [0.05, 0.1) is 6.10 Å². The monoisotopic (exact) mass is 141 g/mol. The van der Waals surface area contributed by atoms with Gasteiger partial charge in [-0.05, 0) is 26.3 Å². The topological polar surface area (TPSA) is 12.5 Å². The van der Waals surface area contributed by atoms with Gasteiger partial charge in [-0.3, -0.25) is 0 Å². The molecule has 0 aromatic carbocycles. The predicted molar refractivity (Wildman–Crippen MR) is 41.6 cm³/mol. The number of hydrogen-bond donors (Lipinski definition) is 0. The van der Waals surface area contributed by atoms with Gasteiger partial charge in [-0.15, -0.1) is 0 Å². The molecule has 0 fully saturated rings. The summed E-state index contributed by atoms with van der Waals surface area (Å²) in [5.74, 6) is 0. The maximum Gasteiger partial charge on any atom is 0.119 e. The summed E-state index contributed by atoms with van der Waals surface area (Å²) in [4.78, 5) is 2.12. The zero-order valence-corrected chi connectivity index (χ0v) is 7.14. The lowest BCUT2D eigenvalue weighted by atomic mass is 10.1. The third-order valence-corrected chi connectivity index (χ3v) is 2.27. The molecule has 0 radical (unpaired) electrons. The highest BCUT2D eigenvalue weighted by atomic mass is 16.5. The van der Waals surface area contributed by atoms with Gasteiger partial charge in [0.1, 0.15) is 6.73 Å². The smallest absolute Gasteiger partial charge is 0.119 e. The van der Waals surface area contributed by atoms with Gasteiger partial charge in [-0.1, -0.05) is 0 Å². The van der Waals surface area contributed by atoms with Gasteiger partial charge >= 0.3 is 0 Å². The fourth-order valence-corrected chi connectivity index (χ4v) is 1.04. The Morgan fingerprint density at radius 2 is 2.10 bits per heavy atom. The van der Waals surface area contributed by atoms with E-state index in [1.165, 1.54) is 11.3 Å². The van der Waals surface area contributed by atoms with Crippen LogP contribution in [0.1, 0.15) is 20.8 Å². The van der Waals surface area contributed by atoms with Crippen molar-refractivity contribution in [3.05, 3.63) is 11.3 Å². The maximum atomic E-state index is 5.44. The van der Waals surface area contributed by atoms with Gasteiger partial charge in [0.25, 0.3) is 0 Å². The second-order valence-electron chi connectivity index (χ2n) is 2.90. The minimum absolute atomic E-state index is 0.302. The highest BCUT2D eigenvalue weighted by Crippen LogP contribution is 2.18. The molecule has 0 N–H and O–H groups in total. The Balaban J connectivity index is 2.81. The zero-order valence-electron chi connectivity index (χ0n) is 7.14. The molecule has 2 nitrogen and oxygen atoms in total. The van der Waals surface area contributed by atoms with E-state index < -0.39 is 0 Å². The summed E-state index contributed by atoms with van der Waals surface area (Å²) in [6.07, 6.45) is 0.302.